The van der Waals surface area contributed by atoms with Crippen LogP contribution in [0.4, 0.5) is 0 Å². The van der Waals surface area contributed by atoms with Crippen molar-refractivity contribution in [2.45, 2.75) is 52.0 Å². The third kappa shape index (κ3) is 6.84. The van der Waals surface area contributed by atoms with Crippen LogP contribution >= 0.6 is 11.6 Å². The second kappa shape index (κ2) is 11.7. The first kappa shape index (κ1) is 23.9. The van der Waals surface area contributed by atoms with Crippen LogP contribution in [-0.4, -0.2) is 67.0 Å². The number of nitrogens with zero attached hydrogens (tertiary/aromatic N) is 2. The maximum Gasteiger partial charge on any atom is 0.260 e. The van der Waals surface area contributed by atoms with E-state index in [1.54, 1.807) is 24.3 Å². The van der Waals surface area contributed by atoms with Crippen LogP contribution in [0.25, 0.3) is 0 Å². The molecule has 0 radical (unpaired) electrons. The van der Waals surface area contributed by atoms with Crippen LogP contribution in [-0.2, 0) is 9.59 Å². The first-order chi connectivity index (χ1) is 15.0. The molecule has 0 unspecified atom stereocenters. The van der Waals surface area contributed by atoms with Crippen molar-refractivity contribution in [2.75, 3.05) is 39.3 Å². The van der Waals surface area contributed by atoms with Crippen LogP contribution in [0.15, 0.2) is 24.3 Å². The lowest BCUT2D eigenvalue weighted by Crippen LogP contribution is -2.58. The number of benzene rings is 1. The summed E-state index contributed by atoms with van der Waals surface area (Å²) in [7, 11) is 0. The molecule has 172 valence electrons. The molecule has 1 saturated heterocycles. The minimum Gasteiger partial charge on any atom is -0.484 e. The molecule has 2 amide bonds. The van der Waals surface area contributed by atoms with Crippen molar-refractivity contribution in [2.24, 2.45) is 11.8 Å². The van der Waals surface area contributed by atoms with E-state index in [0.29, 0.717) is 35.7 Å². The van der Waals surface area contributed by atoms with E-state index in [9.17, 15) is 9.59 Å². The highest BCUT2D eigenvalue weighted by atomic mass is 35.5. The number of hydrogen-bond acceptors (Lipinski definition) is 4. The molecule has 3 rings (SSSR count). The highest BCUT2D eigenvalue weighted by molar-refractivity contribution is 6.30. The van der Waals surface area contributed by atoms with Gasteiger partial charge in [-0.3, -0.25) is 14.5 Å². The molecule has 1 aromatic carbocycles. The monoisotopic (exact) mass is 449 g/mol. The maximum atomic E-state index is 13.1. The van der Waals surface area contributed by atoms with E-state index in [4.69, 9.17) is 16.3 Å². The Labute approximate surface area is 191 Å². The lowest BCUT2D eigenvalue weighted by molar-refractivity contribution is -0.137. The number of piperazine rings is 1. The molecule has 1 heterocycles. The topological polar surface area (TPSA) is 61.9 Å². The molecule has 1 N–H and O–H groups in total. The molecule has 0 spiro atoms. The molecule has 1 aromatic rings. The zero-order chi connectivity index (χ0) is 22.2. The molecule has 31 heavy (non-hydrogen) atoms. The third-order valence-corrected chi connectivity index (χ3v) is 6.92. The Kier molecular flexibility index (Phi) is 9.02. The lowest BCUT2D eigenvalue weighted by atomic mass is 9.94. The Bertz CT molecular complexity index is 713. The van der Waals surface area contributed by atoms with Crippen molar-refractivity contribution in [3.05, 3.63) is 29.3 Å². The molecule has 1 aliphatic carbocycles. The Hall–Kier alpha value is -1.79. The standard InChI is InChI=1S/C24H36ClN3O3/c1-3-18(2)16-26-24(30)23(19-6-4-5-7-19)28-14-12-27(13-15-28)22(29)17-31-21-10-8-20(25)9-11-21/h8-11,18-19,23H,3-7,12-17H2,1-2H3,(H,26,30)/t18-,23-/m1/s1. The summed E-state index contributed by atoms with van der Waals surface area (Å²) in [5, 5.41) is 3.83. The number of carbonyl (C=O) groups excluding carboxylic acids is 2. The molecule has 1 aliphatic heterocycles. The zero-order valence-electron chi connectivity index (χ0n) is 18.8. The first-order valence-electron chi connectivity index (χ1n) is 11.7. The van der Waals surface area contributed by atoms with Gasteiger partial charge in [-0.1, -0.05) is 44.7 Å². The summed E-state index contributed by atoms with van der Waals surface area (Å²) in [6.07, 6.45) is 5.72. The largest absolute Gasteiger partial charge is 0.484 e. The van der Waals surface area contributed by atoms with E-state index in [2.05, 4.69) is 24.1 Å². The van der Waals surface area contributed by atoms with Gasteiger partial charge in [0.25, 0.3) is 5.91 Å². The van der Waals surface area contributed by atoms with E-state index < -0.39 is 0 Å². The quantitative estimate of drug-likeness (QED) is 0.625. The van der Waals surface area contributed by atoms with E-state index in [0.717, 1.165) is 38.9 Å². The normalized spacial score (nSPS) is 19.8. The van der Waals surface area contributed by atoms with Crippen molar-refractivity contribution in [1.82, 2.24) is 15.1 Å². The van der Waals surface area contributed by atoms with Gasteiger partial charge in [-0.2, -0.15) is 0 Å². The number of ether oxygens (including phenoxy) is 1. The SMILES string of the molecule is CC[C@@H](C)CNC(=O)[C@@H](C1CCCC1)N1CCN(C(=O)COc2ccc(Cl)cc2)CC1. The van der Waals surface area contributed by atoms with Gasteiger partial charge in [0.2, 0.25) is 5.91 Å². The number of hydrogen-bond donors (Lipinski definition) is 1. The van der Waals surface area contributed by atoms with E-state index >= 15 is 0 Å². The minimum absolute atomic E-state index is 0.0169. The Morgan fingerprint density at radius 3 is 2.39 bits per heavy atom. The van der Waals surface area contributed by atoms with Crippen molar-refractivity contribution in [3.8, 4) is 5.75 Å². The van der Waals surface area contributed by atoms with Crippen LogP contribution in [0, 0.1) is 11.8 Å². The van der Waals surface area contributed by atoms with Gasteiger partial charge < -0.3 is 15.0 Å². The fourth-order valence-electron chi connectivity index (χ4n) is 4.49. The van der Waals surface area contributed by atoms with Crippen molar-refractivity contribution < 1.29 is 14.3 Å². The van der Waals surface area contributed by atoms with E-state index in [-0.39, 0.29) is 24.5 Å². The molecule has 7 heteroatoms. The third-order valence-electron chi connectivity index (χ3n) is 6.67. The molecular formula is C24H36ClN3O3. The summed E-state index contributed by atoms with van der Waals surface area (Å²) < 4.78 is 5.61. The molecule has 1 saturated carbocycles. The fourth-order valence-corrected chi connectivity index (χ4v) is 4.62. The van der Waals surface area contributed by atoms with Gasteiger partial charge in [0.05, 0.1) is 6.04 Å². The van der Waals surface area contributed by atoms with Gasteiger partial charge in [0, 0.05) is 37.7 Å². The van der Waals surface area contributed by atoms with Crippen LogP contribution in [0.1, 0.15) is 46.0 Å². The highest BCUT2D eigenvalue weighted by Crippen LogP contribution is 2.31. The van der Waals surface area contributed by atoms with Crippen LogP contribution < -0.4 is 10.1 Å². The number of amides is 2. The fraction of sp³-hybridized carbons (Fsp3) is 0.667. The number of halogens is 1. The van der Waals surface area contributed by atoms with Gasteiger partial charge in [0.1, 0.15) is 5.75 Å². The summed E-state index contributed by atoms with van der Waals surface area (Å²) >= 11 is 5.88. The average Bonchev–Trinajstić information content (AvgIpc) is 3.31. The molecule has 2 aliphatic rings. The summed E-state index contributed by atoms with van der Waals surface area (Å²) in [5.74, 6) is 1.69. The summed E-state index contributed by atoms with van der Waals surface area (Å²) in [6, 6.07) is 6.94. The summed E-state index contributed by atoms with van der Waals surface area (Å²) in [4.78, 5) is 29.8. The second-order valence-corrected chi connectivity index (χ2v) is 9.34. The van der Waals surface area contributed by atoms with Gasteiger partial charge in [-0.25, -0.2) is 0 Å². The van der Waals surface area contributed by atoms with Crippen molar-refractivity contribution in [1.29, 1.82) is 0 Å². The van der Waals surface area contributed by atoms with Gasteiger partial charge >= 0.3 is 0 Å². The Morgan fingerprint density at radius 1 is 1.13 bits per heavy atom. The van der Waals surface area contributed by atoms with Crippen molar-refractivity contribution >= 4 is 23.4 Å². The van der Waals surface area contributed by atoms with E-state index in [1.165, 1.54) is 12.8 Å². The number of carbonyl (C=O) groups is 2. The van der Waals surface area contributed by atoms with Crippen molar-refractivity contribution in [3.63, 3.8) is 0 Å². The first-order valence-corrected chi connectivity index (χ1v) is 12.0. The predicted octanol–water partition coefficient (Wildman–Crippen LogP) is 3.58. The van der Waals surface area contributed by atoms with E-state index in [1.807, 2.05) is 4.90 Å². The van der Waals surface area contributed by atoms with Gasteiger partial charge in [0.15, 0.2) is 6.61 Å². The predicted molar refractivity (Wildman–Crippen MR) is 123 cm³/mol. The molecule has 2 fully saturated rings. The Balaban J connectivity index is 1.51. The van der Waals surface area contributed by atoms with Crippen LogP contribution in [0.3, 0.4) is 0 Å². The highest BCUT2D eigenvalue weighted by Gasteiger charge is 2.37. The average molecular weight is 450 g/mol. The smallest absolute Gasteiger partial charge is 0.260 e. The minimum atomic E-state index is -0.0749. The van der Waals surface area contributed by atoms with Crippen LogP contribution in [0.5, 0.6) is 5.75 Å². The number of nitrogens with one attached hydrogen (secondary N) is 1. The maximum absolute atomic E-state index is 13.1. The molecule has 6 nitrogen and oxygen atoms in total. The number of rotatable bonds is 9. The second-order valence-electron chi connectivity index (χ2n) is 8.91. The lowest BCUT2D eigenvalue weighted by Gasteiger charge is -2.40. The van der Waals surface area contributed by atoms with Gasteiger partial charge in [-0.15, -0.1) is 0 Å². The molecular weight excluding hydrogens is 414 g/mol. The summed E-state index contributed by atoms with van der Waals surface area (Å²) in [5.41, 5.74) is 0. The molecule has 2 atom stereocenters. The molecule has 0 bridgehead atoms. The van der Waals surface area contributed by atoms with Crippen LogP contribution in [0.2, 0.25) is 5.02 Å². The molecule has 0 aromatic heterocycles. The summed E-state index contributed by atoms with van der Waals surface area (Å²) in [6.45, 7) is 7.78. The zero-order valence-corrected chi connectivity index (χ0v) is 19.6. The van der Waals surface area contributed by atoms with Gasteiger partial charge in [-0.05, 0) is 48.9 Å². The Morgan fingerprint density at radius 2 is 1.77 bits per heavy atom.